The number of carbonyl (C=O) groups is 4. The summed E-state index contributed by atoms with van der Waals surface area (Å²) in [7, 11) is 3.32. The van der Waals surface area contributed by atoms with E-state index >= 15 is 0 Å². The molecule has 15 heteroatoms. The van der Waals surface area contributed by atoms with E-state index in [-0.39, 0.29) is 32.9 Å². The maximum Gasteiger partial charge on any atom is 0.335 e. The quantitative estimate of drug-likeness (QED) is 0.0828. The summed E-state index contributed by atoms with van der Waals surface area (Å²) < 4.78 is 0. The zero-order chi connectivity index (χ0) is 25.3. The third-order valence-corrected chi connectivity index (χ3v) is 6.08. The van der Waals surface area contributed by atoms with Crippen molar-refractivity contribution < 1.29 is 49.8 Å². The Kier molecular flexibility index (Phi) is 21.6. The smallest absolute Gasteiger partial charge is 0.335 e. The van der Waals surface area contributed by atoms with Crippen LogP contribution in [0.3, 0.4) is 0 Å². The molecule has 0 bridgehead atoms. The fraction of sp³-hybridized carbons (Fsp3) is 0.778. The molecule has 0 aliphatic heterocycles. The third-order valence-electron chi connectivity index (χ3n) is 3.64. The van der Waals surface area contributed by atoms with Gasteiger partial charge in [0.2, 0.25) is 11.8 Å². The van der Waals surface area contributed by atoms with E-state index < -0.39 is 41.6 Å². The number of aliphatic carboxylic acids is 2. The van der Waals surface area contributed by atoms with Gasteiger partial charge in [-0.3, -0.25) is 9.59 Å². The Bertz CT molecular complexity index is 578. The van der Waals surface area contributed by atoms with E-state index in [0.717, 1.165) is 11.5 Å². The highest BCUT2D eigenvalue weighted by Gasteiger charge is 2.32. The second-order valence-corrected chi connectivity index (χ2v) is 9.64. The number of nitrogens with two attached hydrogens (primary N) is 1. The molecule has 33 heavy (non-hydrogen) atoms. The maximum atomic E-state index is 11.7. The number of rotatable bonds is 15. The van der Waals surface area contributed by atoms with Gasteiger partial charge in [-0.15, -0.1) is 0 Å². The summed E-state index contributed by atoms with van der Waals surface area (Å²) >= 11 is 0. The molecule has 0 fully saturated rings. The molecular formula is C18H37N3O10S2. The SMILES string of the molecule is C.CC(C)(CO)[C@@H](O)C(=O)NCCC(=O)NCCSSCCN.O=C(O)C(O)C(O)C(=O)O. The lowest BCUT2D eigenvalue weighted by Gasteiger charge is -2.27. The average Bonchev–Trinajstić information content (AvgIpc) is 2.74. The van der Waals surface area contributed by atoms with Crippen LogP contribution in [0, 0.1) is 5.41 Å². The summed E-state index contributed by atoms with van der Waals surface area (Å²) in [5.41, 5.74) is 4.45. The Hall–Kier alpha value is -1.62. The van der Waals surface area contributed by atoms with Gasteiger partial charge >= 0.3 is 11.9 Å². The second-order valence-electron chi connectivity index (χ2n) is 6.94. The molecule has 0 aromatic rings. The molecule has 0 saturated heterocycles. The Morgan fingerprint density at radius 2 is 1.39 bits per heavy atom. The van der Waals surface area contributed by atoms with Crippen LogP contribution < -0.4 is 16.4 Å². The molecule has 10 N–H and O–H groups in total. The standard InChI is InChI=1S/C13H27N3O4S2.C4H6O6.CH4/c1-13(2,9-17)11(19)12(20)16-5-3-10(18)15-6-8-22-21-7-4-14;5-1(3(7)8)2(6)4(9)10;/h11,17,19H,3-9,14H2,1-2H3,(H,15,18)(H,16,20);1-2,5-6H,(H,7,8)(H,9,10);1H4/t11-;;/m0../s1. The number of amides is 2. The molecule has 0 rings (SSSR count). The van der Waals surface area contributed by atoms with E-state index in [9.17, 15) is 24.3 Å². The molecule has 0 aliphatic carbocycles. The Morgan fingerprint density at radius 1 is 0.909 bits per heavy atom. The van der Waals surface area contributed by atoms with Gasteiger partial charge in [-0.1, -0.05) is 42.9 Å². The van der Waals surface area contributed by atoms with Gasteiger partial charge in [0.25, 0.3) is 0 Å². The lowest BCUT2D eigenvalue weighted by atomic mass is 9.87. The van der Waals surface area contributed by atoms with Crippen LogP contribution >= 0.6 is 21.6 Å². The first-order valence-electron chi connectivity index (χ1n) is 9.41. The highest BCUT2D eigenvalue weighted by molar-refractivity contribution is 8.76. The monoisotopic (exact) mass is 519 g/mol. The number of aliphatic hydroxyl groups is 4. The molecule has 0 radical (unpaired) electrons. The van der Waals surface area contributed by atoms with E-state index in [1.165, 1.54) is 0 Å². The van der Waals surface area contributed by atoms with Crippen LogP contribution in [0.2, 0.25) is 0 Å². The van der Waals surface area contributed by atoms with Gasteiger partial charge in [-0.05, 0) is 0 Å². The lowest BCUT2D eigenvalue weighted by molar-refractivity contribution is -0.165. The van der Waals surface area contributed by atoms with Crippen LogP contribution in [0.25, 0.3) is 0 Å². The van der Waals surface area contributed by atoms with E-state index in [2.05, 4.69) is 10.6 Å². The fourth-order valence-corrected chi connectivity index (χ4v) is 3.36. The first-order chi connectivity index (χ1) is 14.8. The molecule has 0 saturated carbocycles. The van der Waals surface area contributed by atoms with Crippen molar-refractivity contribution in [2.75, 3.05) is 37.7 Å². The zero-order valence-corrected chi connectivity index (χ0v) is 19.5. The molecule has 196 valence electrons. The van der Waals surface area contributed by atoms with E-state index in [1.807, 2.05) is 0 Å². The molecular weight excluding hydrogens is 482 g/mol. The topological polar surface area (TPSA) is 240 Å². The number of carboxylic acid groups (broad SMARTS) is 2. The van der Waals surface area contributed by atoms with Crippen LogP contribution in [0.4, 0.5) is 0 Å². The summed E-state index contributed by atoms with van der Waals surface area (Å²) in [6.45, 7) is 4.23. The minimum absolute atomic E-state index is 0. The number of aliphatic hydroxyl groups excluding tert-OH is 4. The van der Waals surface area contributed by atoms with Crippen molar-refractivity contribution in [3.05, 3.63) is 0 Å². The molecule has 2 unspecified atom stereocenters. The normalized spacial score (nSPS) is 13.3. The predicted octanol–water partition coefficient (Wildman–Crippen LogP) is -2.16. The number of nitrogens with one attached hydrogen (secondary N) is 2. The van der Waals surface area contributed by atoms with Crippen molar-refractivity contribution in [2.24, 2.45) is 11.1 Å². The molecule has 0 aliphatic rings. The van der Waals surface area contributed by atoms with E-state index in [4.69, 9.17) is 31.3 Å². The Labute approximate surface area is 200 Å². The van der Waals surface area contributed by atoms with Gasteiger partial charge in [-0.25, -0.2) is 9.59 Å². The van der Waals surface area contributed by atoms with Crippen molar-refractivity contribution in [1.29, 1.82) is 0 Å². The maximum absolute atomic E-state index is 11.7. The summed E-state index contributed by atoms with van der Waals surface area (Å²) in [5.74, 6) is -2.59. The zero-order valence-electron chi connectivity index (χ0n) is 17.9. The van der Waals surface area contributed by atoms with Crippen LogP contribution in [-0.2, 0) is 19.2 Å². The Balaban J connectivity index is -0.000000690. The van der Waals surface area contributed by atoms with Crippen LogP contribution in [0.5, 0.6) is 0 Å². The van der Waals surface area contributed by atoms with Crippen molar-refractivity contribution in [3.63, 3.8) is 0 Å². The lowest BCUT2D eigenvalue weighted by Crippen LogP contribution is -2.46. The molecule has 0 aromatic heterocycles. The van der Waals surface area contributed by atoms with Gasteiger partial charge in [0, 0.05) is 43.0 Å². The van der Waals surface area contributed by atoms with Gasteiger partial charge in [0.15, 0.2) is 12.2 Å². The number of carbonyl (C=O) groups excluding carboxylic acids is 2. The van der Waals surface area contributed by atoms with Crippen LogP contribution in [0.15, 0.2) is 0 Å². The summed E-state index contributed by atoms with van der Waals surface area (Å²) in [4.78, 5) is 42.7. The van der Waals surface area contributed by atoms with Crippen molar-refractivity contribution in [1.82, 2.24) is 10.6 Å². The van der Waals surface area contributed by atoms with Crippen molar-refractivity contribution in [2.45, 2.75) is 46.0 Å². The van der Waals surface area contributed by atoms with Crippen LogP contribution in [0.1, 0.15) is 27.7 Å². The van der Waals surface area contributed by atoms with Gasteiger partial charge in [0.05, 0.1) is 6.61 Å². The van der Waals surface area contributed by atoms with Gasteiger partial charge in [-0.2, -0.15) is 0 Å². The second kappa shape index (κ2) is 19.8. The van der Waals surface area contributed by atoms with E-state index in [0.29, 0.717) is 13.1 Å². The largest absolute Gasteiger partial charge is 0.479 e. The predicted molar refractivity (Wildman–Crippen MR) is 125 cm³/mol. The minimum atomic E-state index is -2.27. The van der Waals surface area contributed by atoms with Gasteiger partial charge < -0.3 is 47.0 Å². The summed E-state index contributed by atoms with van der Waals surface area (Å²) in [5, 5.41) is 56.6. The number of carboxylic acids is 2. The molecule has 0 spiro atoms. The molecule has 13 nitrogen and oxygen atoms in total. The first-order valence-corrected chi connectivity index (χ1v) is 11.9. The molecule has 3 atom stereocenters. The third kappa shape index (κ3) is 17.5. The summed E-state index contributed by atoms with van der Waals surface area (Å²) in [6.07, 6.45) is -5.69. The molecule has 0 aromatic carbocycles. The molecule has 2 amide bonds. The fourth-order valence-electron chi connectivity index (χ4n) is 1.59. The molecule has 0 heterocycles. The summed E-state index contributed by atoms with van der Waals surface area (Å²) in [6, 6.07) is 0. The van der Waals surface area contributed by atoms with E-state index in [1.54, 1.807) is 35.4 Å². The average molecular weight is 520 g/mol. The van der Waals surface area contributed by atoms with Crippen molar-refractivity contribution >= 4 is 45.3 Å². The van der Waals surface area contributed by atoms with Gasteiger partial charge in [0.1, 0.15) is 6.10 Å². The number of hydrogen-bond donors (Lipinski definition) is 9. The van der Waals surface area contributed by atoms with Crippen LogP contribution in [-0.4, -0.2) is 110 Å². The Morgan fingerprint density at radius 3 is 1.82 bits per heavy atom. The minimum Gasteiger partial charge on any atom is -0.479 e. The first kappa shape index (κ1) is 36.0. The number of hydrogen-bond acceptors (Lipinski definition) is 11. The highest BCUT2D eigenvalue weighted by Crippen LogP contribution is 2.19. The highest BCUT2D eigenvalue weighted by atomic mass is 33.1. The van der Waals surface area contributed by atoms with Crippen molar-refractivity contribution in [3.8, 4) is 0 Å².